The average Bonchev–Trinajstić information content (AvgIpc) is 3.23. The van der Waals surface area contributed by atoms with Crippen molar-refractivity contribution in [2.24, 2.45) is 17.3 Å². The van der Waals surface area contributed by atoms with E-state index in [0.29, 0.717) is 11.4 Å². The van der Waals surface area contributed by atoms with Crippen LogP contribution in [0.4, 0.5) is 0 Å². The minimum Gasteiger partial charge on any atom is -0.392 e. The summed E-state index contributed by atoms with van der Waals surface area (Å²) in [6.07, 6.45) is 2.67. The molecule has 0 aromatic carbocycles. The van der Waals surface area contributed by atoms with Gasteiger partial charge in [-0.2, -0.15) is 0 Å². The molecule has 0 aliphatic carbocycles. The minimum atomic E-state index is -1.19. The Labute approximate surface area is 218 Å². The number of carbonyl (C=O) groups is 2. The molecule has 2 aliphatic heterocycles. The highest BCUT2D eigenvalue weighted by Crippen LogP contribution is 2.44. The fourth-order valence-corrected chi connectivity index (χ4v) is 5.82. The molecule has 4 N–H and O–H groups in total. The lowest BCUT2D eigenvalue weighted by atomic mass is 9.72. The minimum absolute atomic E-state index is 0.0235. The van der Waals surface area contributed by atoms with Crippen LogP contribution in [0.25, 0.3) is 6.08 Å². The van der Waals surface area contributed by atoms with Crippen LogP contribution in [0.15, 0.2) is 11.0 Å². The lowest BCUT2D eigenvalue weighted by Crippen LogP contribution is -2.47. The Hall–Kier alpha value is -1.65. The number of Topliss-reactive ketones (excluding diaryl/α,β-unsaturated/α-hetero) is 1. The first-order valence-corrected chi connectivity index (χ1v) is 13.8. The van der Waals surface area contributed by atoms with Crippen molar-refractivity contribution in [1.29, 1.82) is 0 Å². The molecule has 202 valence electrons. The number of carbonyl (C=O) groups excluding carboxylic acids is 2. The molecule has 3 heterocycles. The molecule has 2 saturated heterocycles. The number of aliphatic hydroxyl groups is 3. The van der Waals surface area contributed by atoms with E-state index in [-0.39, 0.29) is 48.4 Å². The Balaban J connectivity index is 1.85. The van der Waals surface area contributed by atoms with Crippen molar-refractivity contribution in [3.63, 3.8) is 0 Å². The first-order chi connectivity index (χ1) is 16.8. The molecule has 36 heavy (non-hydrogen) atoms. The van der Waals surface area contributed by atoms with Gasteiger partial charge in [0.2, 0.25) is 5.91 Å². The van der Waals surface area contributed by atoms with E-state index in [4.69, 9.17) is 4.74 Å². The summed E-state index contributed by atoms with van der Waals surface area (Å²) in [4.78, 5) is 30.7. The van der Waals surface area contributed by atoms with Gasteiger partial charge in [0.15, 0.2) is 0 Å². The standard InChI is InChI=1S/C27H42N2O6S/c1-15-8-7-9-27(6)21(35-27)11-19(16(2)10-18-14-36-23(13-30)28-18)29-22(32)12-20(31)26(4,5)25(34)17(3)24(15)33/h10,14-15,17,19-21,24,30-31,33H,7-9,11-13H2,1-6H3,(H,29,32)/t15-,17+,19-,20-,21-,24-,27+/m0/s1. The maximum atomic E-state index is 13.2. The molecule has 0 bridgehead atoms. The number of aromatic nitrogens is 1. The average molecular weight is 523 g/mol. The number of thiazole rings is 1. The molecule has 9 heteroatoms. The maximum Gasteiger partial charge on any atom is 0.223 e. The molecule has 2 aliphatic rings. The molecule has 1 amide bonds. The Morgan fingerprint density at radius 2 is 1.97 bits per heavy atom. The molecule has 0 radical (unpaired) electrons. The number of hydrogen-bond donors (Lipinski definition) is 4. The Morgan fingerprint density at radius 1 is 1.28 bits per heavy atom. The largest absolute Gasteiger partial charge is 0.392 e. The van der Waals surface area contributed by atoms with Gasteiger partial charge in [-0.15, -0.1) is 11.3 Å². The molecule has 3 rings (SSSR count). The predicted molar refractivity (Wildman–Crippen MR) is 139 cm³/mol. The lowest BCUT2D eigenvalue weighted by molar-refractivity contribution is -0.143. The zero-order chi connectivity index (χ0) is 26.8. The molecule has 0 saturated carbocycles. The molecular formula is C27H42N2O6S. The normalized spacial score (nSPS) is 36.8. The Morgan fingerprint density at radius 3 is 2.61 bits per heavy atom. The highest BCUT2D eigenvalue weighted by atomic mass is 32.1. The van der Waals surface area contributed by atoms with E-state index >= 15 is 0 Å². The third kappa shape index (κ3) is 6.61. The van der Waals surface area contributed by atoms with Gasteiger partial charge in [-0.25, -0.2) is 4.98 Å². The van der Waals surface area contributed by atoms with Gasteiger partial charge in [-0.3, -0.25) is 9.59 Å². The van der Waals surface area contributed by atoms with E-state index in [1.807, 2.05) is 25.3 Å². The van der Waals surface area contributed by atoms with Gasteiger partial charge in [-0.05, 0) is 44.3 Å². The Bertz CT molecular complexity index is 975. The third-order valence-electron chi connectivity index (χ3n) is 8.14. The predicted octanol–water partition coefficient (Wildman–Crippen LogP) is 3.23. The third-order valence-corrected chi connectivity index (χ3v) is 8.99. The van der Waals surface area contributed by atoms with E-state index in [9.17, 15) is 24.9 Å². The van der Waals surface area contributed by atoms with Crippen molar-refractivity contribution in [3.8, 4) is 0 Å². The summed E-state index contributed by atoms with van der Waals surface area (Å²) < 4.78 is 6.08. The van der Waals surface area contributed by atoms with Crippen LogP contribution in [0.1, 0.15) is 84.3 Å². The molecule has 0 spiro atoms. The van der Waals surface area contributed by atoms with Gasteiger partial charge >= 0.3 is 0 Å². The zero-order valence-corrected chi connectivity index (χ0v) is 23.1. The van der Waals surface area contributed by atoms with Crippen molar-refractivity contribution >= 4 is 29.1 Å². The summed E-state index contributed by atoms with van der Waals surface area (Å²) in [5.41, 5.74) is 0.135. The van der Waals surface area contributed by atoms with Crippen LogP contribution in [0.5, 0.6) is 0 Å². The fraction of sp³-hybridized carbons (Fsp3) is 0.741. The number of aliphatic hydroxyl groups excluding tert-OH is 3. The van der Waals surface area contributed by atoms with Crippen molar-refractivity contribution in [2.75, 3.05) is 0 Å². The first kappa shape index (κ1) is 28.9. The van der Waals surface area contributed by atoms with Crippen LogP contribution >= 0.6 is 11.3 Å². The van der Waals surface area contributed by atoms with Crippen LogP contribution in [-0.2, 0) is 20.9 Å². The number of fused-ring (bicyclic) bond motifs is 1. The fourth-order valence-electron chi connectivity index (χ4n) is 5.21. The molecule has 2 fully saturated rings. The summed E-state index contributed by atoms with van der Waals surface area (Å²) in [5.74, 6) is -1.33. The zero-order valence-electron chi connectivity index (χ0n) is 22.3. The summed E-state index contributed by atoms with van der Waals surface area (Å²) in [6, 6.07) is -0.331. The maximum absolute atomic E-state index is 13.2. The second-order valence-corrected chi connectivity index (χ2v) is 12.4. The monoisotopic (exact) mass is 522 g/mol. The number of ether oxygens (including phenoxy) is 1. The molecule has 1 aromatic rings. The summed E-state index contributed by atoms with van der Waals surface area (Å²) in [7, 11) is 0. The number of nitrogens with zero attached hydrogens (tertiary/aromatic N) is 1. The van der Waals surface area contributed by atoms with Crippen LogP contribution < -0.4 is 5.32 Å². The lowest BCUT2D eigenvalue weighted by Gasteiger charge is -2.34. The van der Waals surface area contributed by atoms with Crippen LogP contribution in [0, 0.1) is 17.3 Å². The van der Waals surface area contributed by atoms with Crippen molar-refractivity contribution in [1.82, 2.24) is 10.3 Å². The van der Waals surface area contributed by atoms with Crippen LogP contribution in [0.2, 0.25) is 0 Å². The molecule has 8 nitrogen and oxygen atoms in total. The summed E-state index contributed by atoms with van der Waals surface area (Å²) in [5, 5.41) is 36.6. The van der Waals surface area contributed by atoms with E-state index in [1.165, 1.54) is 11.3 Å². The highest BCUT2D eigenvalue weighted by Gasteiger charge is 2.52. The highest BCUT2D eigenvalue weighted by molar-refractivity contribution is 7.09. The quantitative estimate of drug-likeness (QED) is 0.448. The van der Waals surface area contributed by atoms with Gasteiger partial charge in [-0.1, -0.05) is 34.1 Å². The van der Waals surface area contributed by atoms with Gasteiger partial charge in [0.05, 0.1) is 54.1 Å². The van der Waals surface area contributed by atoms with E-state index < -0.39 is 23.5 Å². The molecule has 7 atom stereocenters. The summed E-state index contributed by atoms with van der Waals surface area (Å²) in [6.45, 7) is 10.8. The number of nitrogens with one attached hydrogen (secondary N) is 1. The number of rotatable bonds is 3. The van der Waals surface area contributed by atoms with Crippen molar-refractivity contribution < 1.29 is 29.6 Å². The van der Waals surface area contributed by atoms with E-state index in [1.54, 1.807) is 20.8 Å². The van der Waals surface area contributed by atoms with Gasteiger partial charge < -0.3 is 25.4 Å². The van der Waals surface area contributed by atoms with Gasteiger partial charge in [0.1, 0.15) is 10.8 Å². The van der Waals surface area contributed by atoms with Crippen molar-refractivity contribution in [3.05, 3.63) is 21.7 Å². The van der Waals surface area contributed by atoms with E-state index in [0.717, 1.165) is 30.5 Å². The Kier molecular flexibility index (Phi) is 9.15. The van der Waals surface area contributed by atoms with E-state index in [2.05, 4.69) is 17.2 Å². The molecule has 1 aromatic heterocycles. The topological polar surface area (TPSA) is 132 Å². The van der Waals surface area contributed by atoms with Gasteiger partial charge in [0.25, 0.3) is 0 Å². The number of hydrogen-bond acceptors (Lipinski definition) is 8. The molecular weight excluding hydrogens is 480 g/mol. The molecule has 0 unspecified atom stereocenters. The number of amides is 1. The number of epoxide rings is 1. The second kappa shape index (κ2) is 11.4. The number of ketones is 1. The van der Waals surface area contributed by atoms with Gasteiger partial charge in [0, 0.05) is 17.7 Å². The SMILES string of the molecule is CC(=Cc1csc(CO)n1)[C@@H]1C[C@@H]2O[C@]2(C)CCC[C@H](C)[C@H](O)[C@@H](C)C(=O)C(C)(C)[C@@H](O)CC(=O)N1. The van der Waals surface area contributed by atoms with Crippen LogP contribution in [-0.4, -0.2) is 61.9 Å². The van der Waals surface area contributed by atoms with Crippen LogP contribution in [0.3, 0.4) is 0 Å². The summed E-state index contributed by atoms with van der Waals surface area (Å²) >= 11 is 1.37. The first-order valence-electron chi connectivity index (χ1n) is 12.9. The smallest absolute Gasteiger partial charge is 0.223 e. The second-order valence-electron chi connectivity index (χ2n) is 11.4. The van der Waals surface area contributed by atoms with Crippen molar-refractivity contribution in [2.45, 2.75) is 110 Å².